The summed E-state index contributed by atoms with van der Waals surface area (Å²) in [5.74, 6) is 1.28. The molecule has 0 bridgehead atoms. The fourth-order valence-corrected chi connectivity index (χ4v) is 2.20. The lowest BCUT2D eigenvalue weighted by atomic mass is 10.4. The van der Waals surface area contributed by atoms with Crippen molar-refractivity contribution >= 4 is 10.8 Å². The Labute approximate surface area is 80.6 Å². The molecule has 1 heterocycles. The average Bonchev–Trinajstić information content (AvgIpc) is 2.48. The molecule has 1 rings (SSSR count). The molecule has 0 saturated heterocycles. The summed E-state index contributed by atoms with van der Waals surface area (Å²) in [6, 6.07) is 0. The predicted octanol–water partition coefficient (Wildman–Crippen LogP) is 0.0176. The van der Waals surface area contributed by atoms with Gasteiger partial charge in [0.15, 0.2) is 0 Å². The molecule has 4 nitrogen and oxygen atoms in total. The summed E-state index contributed by atoms with van der Waals surface area (Å²) in [7, 11) is 1.06. The summed E-state index contributed by atoms with van der Waals surface area (Å²) in [4.78, 5) is 0. The van der Waals surface area contributed by atoms with Gasteiger partial charge in [-0.1, -0.05) is 0 Å². The second-order valence-corrected chi connectivity index (χ2v) is 4.53. The highest BCUT2D eigenvalue weighted by Gasteiger charge is 2.02. The van der Waals surface area contributed by atoms with E-state index in [9.17, 15) is 4.21 Å². The van der Waals surface area contributed by atoms with Gasteiger partial charge in [0.2, 0.25) is 0 Å². The molecule has 13 heavy (non-hydrogen) atoms. The second kappa shape index (κ2) is 5.14. The van der Waals surface area contributed by atoms with Crippen molar-refractivity contribution in [3.63, 3.8) is 0 Å². The van der Waals surface area contributed by atoms with Gasteiger partial charge in [-0.15, -0.1) is 0 Å². The standard InChI is InChI=1S/C8H15N3OS/c1-11-6-8(5-10-11)7-13(12)4-2-3-9/h5-6H,2-4,7,9H2,1H3. The quantitative estimate of drug-likeness (QED) is 0.730. The Kier molecular flexibility index (Phi) is 4.11. The van der Waals surface area contributed by atoms with Gasteiger partial charge in [-0.3, -0.25) is 8.89 Å². The number of hydrogen-bond donors (Lipinski definition) is 1. The summed E-state index contributed by atoms with van der Waals surface area (Å²) in [5.41, 5.74) is 6.35. The monoisotopic (exact) mass is 201 g/mol. The first-order valence-electron chi connectivity index (χ1n) is 4.25. The van der Waals surface area contributed by atoms with E-state index in [-0.39, 0.29) is 0 Å². The third-order valence-electron chi connectivity index (χ3n) is 1.66. The van der Waals surface area contributed by atoms with Crippen LogP contribution >= 0.6 is 0 Å². The van der Waals surface area contributed by atoms with Gasteiger partial charge in [0.25, 0.3) is 0 Å². The van der Waals surface area contributed by atoms with Gasteiger partial charge in [0.05, 0.1) is 11.9 Å². The zero-order chi connectivity index (χ0) is 9.68. The summed E-state index contributed by atoms with van der Waals surface area (Å²) < 4.78 is 13.1. The minimum atomic E-state index is -0.791. The van der Waals surface area contributed by atoms with Crippen molar-refractivity contribution in [3.05, 3.63) is 18.0 Å². The Morgan fingerprint density at radius 3 is 3.00 bits per heavy atom. The molecule has 0 saturated carbocycles. The molecular formula is C8H15N3OS. The largest absolute Gasteiger partial charge is 0.330 e. The lowest BCUT2D eigenvalue weighted by Gasteiger charge is -1.97. The fraction of sp³-hybridized carbons (Fsp3) is 0.625. The first-order valence-corrected chi connectivity index (χ1v) is 5.73. The van der Waals surface area contributed by atoms with Gasteiger partial charge in [0, 0.05) is 35.4 Å². The number of hydrogen-bond acceptors (Lipinski definition) is 3. The van der Waals surface area contributed by atoms with Crippen molar-refractivity contribution in [3.8, 4) is 0 Å². The zero-order valence-corrected chi connectivity index (χ0v) is 8.59. The van der Waals surface area contributed by atoms with Gasteiger partial charge < -0.3 is 5.73 Å². The smallest absolute Gasteiger partial charge is 0.0531 e. The molecule has 74 valence electrons. The third kappa shape index (κ3) is 3.69. The number of aromatic nitrogens is 2. The molecule has 0 fully saturated rings. The second-order valence-electron chi connectivity index (χ2n) is 2.95. The summed E-state index contributed by atoms with van der Waals surface area (Å²) >= 11 is 0. The van der Waals surface area contributed by atoms with Gasteiger partial charge in [-0.2, -0.15) is 5.10 Å². The van der Waals surface area contributed by atoms with Crippen molar-refractivity contribution in [1.29, 1.82) is 0 Å². The van der Waals surface area contributed by atoms with Crippen LogP contribution in [0.1, 0.15) is 12.0 Å². The van der Waals surface area contributed by atoms with Crippen LogP contribution in [0.3, 0.4) is 0 Å². The van der Waals surface area contributed by atoms with Crippen LogP contribution in [0.25, 0.3) is 0 Å². The maximum atomic E-state index is 11.4. The van der Waals surface area contributed by atoms with Crippen LogP contribution in [-0.2, 0) is 23.6 Å². The zero-order valence-electron chi connectivity index (χ0n) is 7.77. The number of rotatable bonds is 5. The third-order valence-corrected chi connectivity index (χ3v) is 3.06. The molecule has 2 N–H and O–H groups in total. The van der Waals surface area contributed by atoms with Gasteiger partial charge in [0.1, 0.15) is 0 Å². The van der Waals surface area contributed by atoms with Crippen molar-refractivity contribution in [1.82, 2.24) is 9.78 Å². The first kappa shape index (κ1) is 10.4. The molecule has 1 aromatic heterocycles. The molecule has 1 atom stereocenters. The van der Waals surface area contributed by atoms with Crippen LogP contribution in [0.2, 0.25) is 0 Å². The van der Waals surface area contributed by atoms with E-state index in [1.807, 2.05) is 13.2 Å². The van der Waals surface area contributed by atoms with E-state index in [1.54, 1.807) is 10.9 Å². The van der Waals surface area contributed by atoms with E-state index >= 15 is 0 Å². The molecule has 5 heteroatoms. The van der Waals surface area contributed by atoms with Crippen LogP contribution in [0, 0.1) is 0 Å². The molecule has 0 spiro atoms. The molecule has 0 radical (unpaired) electrons. The van der Waals surface area contributed by atoms with Crippen molar-refractivity contribution in [2.24, 2.45) is 12.8 Å². The topological polar surface area (TPSA) is 60.9 Å². The molecule has 0 aliphatic rings. The number of nitrogens with zero attached hydrogens (tertiary/aromatic N) is 2. The Morgan fingerprint density at radius 1 is 1.69 bits per heavy atom. The SMILES string of the molecule is Cn1cc(CS(=O)CCCN)cn1. The normalized spacial score (nSPS) is 13.1. The highest BCUT2D eigenvalue weighted by atomic mass is 32.2. The summed E-state index contributed by atoms with van der Waals surface area (Å²) in [6.45, 7) is 0.610. The lowest BCUT2D eigenvalue weighted by Crippen LogP contribution is -2.07. The summed E-state index contributed by atoms with van der Waals surface area (Å²) in [5, 5.41) is 4.01. The maximum Gasteiger partial charge on any atom is 0.0531 e. The highest BCUT2D eigenvalue weighted by molar-refractivity contribution is 7.84. The Hall–Kier alpha value is -0.680. The molecular weight excluding hydrogens is 186 g/mol. The van der Waals surface area contributed by atoms with Crippen molar-refractivity contribution in [2.75, 3.05) is 12.3 Å². The molecule has 0 aliphatic heterocycles. The fourth-order valence-electron chi connectivity index (χ4n) is 1.05. The minimum absolute atomic E-state index is 0.591. The molecule has 1 aromatic rings. The van der Waals surface area contributed by atoms with Crippen LogP contribution in [0.15, 0.2) is 12.4 Å². The Bertz CT molecular complexity index is 285. The van der Waals surface area contributed by atoms with E-state index in [4.69, 9.17) is 5.73 Å². The summed E-state index contributed by atoms with van der Waals surface area (Å²) in [6.07, 6.45) is 4.47. The number of aryl methyl sites for hydroxylation is 1. The number of nitrogens with two attached hydrogens (primary N) is 1. The maximum absolute atomic E-state index is 11.4. The molecule has 0 aromatic carbocycles. The van der Waals surface area contributed by atoms with Crippen molar-refractivity contribution < 1.29 is 4.21 Å². The van der Waals surface area contributed by atoms with E-state index in [0.29, 0.717) is 18.1 Å². The molecule has 0 aliphatic carbocycles. The van der Waals surface area contributed by atoms with Crippen LogP contribution in [0.5, 0.6) is 0 Å². The van der Waals surface area contributed by atoms with Crippen LogP contribution < -0.4 is 5.73 Å². The minimum Gasteiger partial charge on any atom is -0.330 e. The molecule has 1 unspecified atom stereocenters. The molecule has 0 amide bonds. The van der Waals surface area contributed by atoms with Crippen molar-refractivity contribution in [2.45, 2.75) is 12.2 Å². The first-order chi connectivity index (χ1) is 6.22. The average molecular weight is 201 g/mol. The van der Waals surface area contributed by atoms with Gasteiger partial charge in [-0.25, -0.2) is 0 Å². The predicted molar refractivity (Wildman–Crippen MR) is 53.6 cm³/mol. The van der Waals surface area contributed by atoms with Gasteiger partial charge in [-0.05, 0) is 13.0 Å². The highest BCUT2D eigenvalue weighted by Crippen LogP contribution is 2.01. The van der Waals surface area contributed by atoms with Gasteiger partial charge >= 0.3 is 0 Å². The van der Waals surface area contributed by atoms with Crippen LogP contribution in [0.4, 0.5) is 0 Å². The Balaban J connectivity index is 2.36. The van der Waals surface area contributed by atoms with E-state index < -0.39 is 10.8 Å². The van der Waals surface area contributed by atoms with Crippen LogP contribution in [-0.4, -0.2) is 26.3 Å². The van der Waals surface area contributed by atoms with E-state index in [1.165, 1.54) is 0 Å². The Morgan fingerprint density at radius 2 is 2.46 bits per heavy atom. The van der Waals surface area contributed by atoms with E-state index in [0.717, 1.165) is 12.0 Å². The van der Waals surface area contributed by atoms with E-state index in [2.05, 4.69) is 5.10 Å². The lowest BCUT2D eigenvalue weighted by molar-refractivity contribution is 0.680.